The lowest BCUT2D eigenvalue weighted by molar-refractivity contribution is -0.137. The van der Waals surface area contributed by atoms with Gasteiger partial charge >= 0.3 is 6.18 Å². The number of alkyl halides is 3. The first-order chi connectivity index (χ1) is 10.6. The molecule has 0 aliphatic rings. The summed E-state index contributed by atoms with van der Waals surface area (Å²) in [7, 11) is -3.90. The van der Waals surface area contributed by atoms with Gasteiger partial charge in [0.25, 0.3) is 10.0 Å². The van der Waals surface area contributed by atoms with Crippen LogP contribution in [0.1, 0.15) is 23.6 Å². The van der Waals surface area contributed by atoms with E-state index in [4.69, 9.17) is 0 Å². The highest BCUT2D eigenvalue weighted by Crippen LogP contribution is 2.29. The van der Waals surface area contributed by atoms with Crippen molar-refractivity contribution in [1.82, 2.24) is 0 Å². The van der Waals surface area contributed by atoms with Crippen LogP contribution in [-0.4, -0.2) is 14.1 Å². The number of halogens is 3. The smallest absolute Gasteiger partial charge is 0.199 e. The average molecular weight is 341 g/mol. The van der Waals surface area contributed by atoms with Crippen molar-refractivity contribution >= 4 is 15.7 Å². The Labute approximate surface area is 132 Å². The minimum Gasteiger partial charge on any atom is -0.199 e. The summed E-state index contributed by atoms with van der Waals surface area (Å²) in [6.07, 6.45) is -4.43. The van der Waals surface area contributed by atoms with E-state index in [-0.39, 0.29) is 10.6 Å². The van der Waals surface area contributed by atoms with Gasteiger partial charge in [0.2, 0.25) is 0 Å². The highest BCUT2D eigenvalue weighted by molar-refractivity contribution is 7.90. The van der Waals surface area contributed by atoms with E-state index in [1.54, 1.807) is 12.1 Å². The Morgan fingerprint density at radius 1 is 0.957 bits per heavy atom. The maximum atomic E-state index is 12.5. The van der Waals surface area contributed by atoms with Gasteiger partial charge in [-0.25, -0.2) is 0 Å². The Balaban J connectivity index is 2.33. The molecule has 0 bridgehead atoms. The van der Waals surface area contributed by atoms with Crippen molar-refractivity contribution in [2.24, 2.45) is 4.40 Å². The van der Waals surface area contributed by atoms with Crippen molar-refractivity contribution in [2.45, 2.75) is 24.9 Å². The van der Waals surface area contributed by atoms with Crippen LogP contribution in [-0.2, 0) is 16.2 Å². The van der Waals surface area contributed by atoms with Gasteiger partial charge in [0.15, 0.2) is 0 Å². The van der Waals surface area contributed by atoms with Crippen molar-refractivity contribution in [3.8, 4) is 0 Å². The molecule has 0 aliphatic carbocycles. The van der Waals surface area contributed by atoms with Gasteiger partial charge in [-0.3, -0.25) is 0 Å². The molecule has 0 unspecified atom stereocenters. The van der Waals surface area contributed by atoms with Crippen LogP contribution in [0, 0.1) is 6.92 Å². The number of benzene rings is 2. The molecule has 0 spiro atoms. The monoisotopic (exact) mass is 341 g/mol. The molecule has 122 valence electrons. The lowest BCUT2D eigenvalue weighted by atomic mass is 10.1. The van der Waals surface area contributed by atoms with Crippen LogP contribution in [0.4, 0.5) is 13.2 Å². The van der Waals surface area contributed by atoms with Gasteiger partial charge in [-0.15, -0.1) is 0 Å². The fourth-order valence-corrected chi connectivity index (χ4v) is 2.95. The highest BCUT2D eigenvalue weighted by atomic mass is 32.2. The number of aryl methyl sites for hydroxylation is 1. The van der Waals surface area contributed by atoms with Crippen molar-refractivity contribution in [3.63, 3.8) is 0 Å². The van der Waals surface area contributed by atoms with E-state index in [0.717, 1.165) is 17.7 Å². The Bertz CT molecular complexity index is 821. The van der Waals surface area contributed by atoms with Crippen molar-refractivity contribution in [3.05, 3.63) is 65.2 Å². The van der Waals surface area contributed by atoms with Crippen LogP contribution in [0.2, 0.25) is 0 Å². The third-order valence-corrected chi connectivity index (χ3v) is 4.59. The molecule has 0 fully saturated rings. The molecule has 0 atom stereocenters. The minimum absolute atomic E-state index is 0.0364. The molecule has 0 aromatic heterocycles. The molecule has 2 aromatic carbocycles. The zero-order chi connectivity index (χ0) is 17.3. The van der Waals surface area contributed by atoms with Crippen molar-refractivity contribution in [2.75, 3.05) is 0 Å². The topological polar surface area (TPSA) is 46.5 Å². The number of rotatable bonds is 3. The van der Waals surface area contributed by atoms with Gasteiger partial charge in [0, 0.05) is 0 Å². The molecule has 0 saturated heterocycles. The van der Waals surface area contributed by atoms with Crippen LogP contribution in [0.5, 0.6) is 0 Å². The lowest BCUT2D eigenvalue weighted by Gasteiger charge is -2.07. The standard InChI is InChI=1S/C16H14F3NO2S/c1-11-3-9-15(10-4-11)23(21,22)20-12(2)13-5-7-14(8-6-13)16(17,18)19/h3-10H,1-2H3. The summed E-state index contributed by atoms with van der Waals surface area (Å²) in [6, 6.07) is 10.4. The van der Waals surface area contributed by atoms with Crippen LogP contribution < -0.4 is 0 Å². The Hall–Kier alpha value is -2.15. The second-order valence-corrected chi connectivity index (χ2v) is 6.64. The van der Waals surface area contributed by atoms with Crippen molar-refractivity contribution < 1.29 is 21.6 Å². The molecule has 3 nitrogen and oxygen atoms in total. The van der Waals surface area contributed by atoms with Crippen LogP contribution >= 0.6 is 0 Å². The normalized spacial score (nSPS) is 13.2. The first kappa shape index (κ1) is 17.2. The van der Waals surface area contributed by atoms with E-state index in [1.165, 1.54) is 31.2 Å². The number of nitrogens with zero attached hydrogens (tertiary/aromatic N) is 1. The zero-order valence-electron chi connectivity index (χ0n) is 12.4. The quantitative estimate of drug-likeness (QED) is 0.785. The fraction of sp³-hybridized carbons (Fsp3) is 0.188. The van der Waals surface area contributed by atoms with E-state index in [9.17, 15) is 21.6 Å². The van der Waals surface area contributed by atoms with Gasteiger partial charge in [0.05, 0.1) is 16.2 Å². The number of hydrogen-bond acceptors (Lipinski definition) is 2. The molecular formula is C16H14F3NO2S. The maximum absolute atomic E-state index is 12.5. The van der Waals surface area contributed by atoms with Crippen molar-refractivity contribution in [1.29, 1.82) is 0 Å². The van der Waals surface area contributed by atoms with Gasteiger partial charge < -0.3 is 0 Å². The minimum atomic E-state index is -4.43. The molecule has 0 aliphatic heterocycles. The molecule has 0 radical (unpaired) electrons. The van der Waals surface area contributed by atoms with E-state index >= 15 is 0 Å². The molecule has 0 saturated carbocycles. The summed E-state index contributed by atoms with van der Waals surface area (Å²) in [4.78, 5) is 0.0364. The second kappa shape index (κ2) is 6.16. The predicted molar refractivity (Wildman–Crippen MR) is 82.0 cm³/mol. The largest absolute Gasteiger partial charge is 0.416 e. The summed E-state index contributed by atoms with van der Waals surface area (Å²) in [5.74, 6) is 0. The molecule has 0 heterocycles. The molecule has 7 heteroatoms. The third kappa shape index (κ3) is 4.19. The second-order valence-electron chi connectivity index (χ2n) is 5.04. The third-order valence-electron chi connectivity index (χ3n) is 3.21. The SMILES string of the molecule is CC(=NS(=O)(=O)c1ccc(C)cc1)c1ccc(C(F)(F)F)cc1. The van der Waals surface area contributed by atoms with Gasteiger partial charge in [0.1, 0.15) is 0 Å². The average Bonchev–Trinajstić information content (AvgIpc) is 2.46. The molecule has 2 rings (SSSR count). The number of sulfonamides is 1. The van der Waals surface area contributed by atoms with E-state index in [2.05, 4.69) is 4.40 Å². The van der Waals surface area contributed by atoms with Gasteiger partial charge in [-0.05, 0) is 43.7 Å². The van der Waals surface area contributed by atoms with E-state index in [0.29, 0.717) is 5.56 Å². The summed E-state index contributed by atoms with van der Waals surface area (Å²) >= 11 is 0. The van der Waals surface area contributed by atoms with Crippen LogP contribution in [0.25, 0.3) is 0 Å². The molecule has 23 heavy (non-hydrogen) atoms. The van der Waals surface area contributed by atoms with E-state index < -0.39 is 21.8 Å². The summed E-state index contributed by atoms with van der Waals surface area (Å²) in [5.41, 5.74) is 0.552. The maximum Gasteiger partial charge on any atom is 0.416 e. The lowest BCUT2D eigenvalue weighted by Crippen LogP contribution is -2.06. The molecule has 0 N–H and O–H groups in total. The Morgan fingerprint density at radius 2 is 1.48 bits per heavy atom. The summed E-state index contributed by atoms with van der Waals surface area (Å²) in [5, 5.41) is 0. The van der Waals surface area contributed by atoms with Gasteiger partial charge in [-0.2, -0.15) is 26.0 Å². The first-order valence-electron chi connectivity index (χ1n) is 6.65. The predicted octanol–water partition coefficient (Wildman–Crippen LogP) is 4.21. The first-order valence-corrected chi connectivity index (χ1v) is 8.09. The summed E-state index contributed by atoms with van der Waals surface area (Å²) < 4.78 is 65.6. The van der Waals surface area contributed by atoms with Crippen LogP contribution in [0.15, 0.2) is 57.8 Å². The zero-order valence-corrected chi connectivity index (χ0v) is 13.2. The molecular weight excluding hydrogens is 327 g/mol. The fourth-order valence-electron chi connectivity index (χ4n) is 1.90. The summed E-state index contributed by atoms with van der Waals surface area (Å²) in [6.45, 7) is 3.27. The molecule has 0 amide bonds. The Morgan fingerprint density at radius 3 is 1.96 bits per heavy atom. The van der Waals surface area contributed by atoms with E-state index in [1.807, 2.05) is 6.92 Å². The van der Waals surface area contributed by atoms with Gasteiger partial charge in [-0.1, -0.05) is 29.8 Å². The number of hydrogen-bond donors (Lipinski definition) is 0. The highest BCUT2D eigenvalue weighted by Gasteiger charge is 2.30. The Kier molecular flexibility index (Phi) is 4.61. The molecule has 2 aromatic rings. The van der Waals surface area contributed by atoms with Crippen LogP contribution in [0.3, 0.4) is 0 Å².